The summed E-state index contributed by atoms with van der Waals surface area (Å²) < 4.78 is 8.95. The van der Waals surface area contributed by atoms with Crippen LogP contribution in [0.5, 0.6) is 0 Å². The molecule has 0 aliphatic carbocycles. The Morgan fingerprint density at radius 1 is 1.16 bits per heavy atom. The van der Waals surface area contributed by atoms with E-state index in [1.807, 2.05) is 32.0 Å². The van der Waals surface area contributed by atoms with E-state index in [-0.39, 0.29) is 18.0 Å². The summed E-state index contributed by atoms with van der Waals surface area (Å²) in [6, 6.07) is 10.2. The lowest BCUT2D eigenvalue weighted by molar-refractivity contribution is -0.0652. The molecule has 25 heavy (non-hydrogen) atoms. The first-order valence-electron chi connectivity index (χ1n) is 8.71. The van der Waals surface area contributed by atoms with Crippen LogP contribution in [-0.2, 0) is 4.74 Å². The van der Waals surface area contributed by atoms with Crippen molar-refractivity contribution in [3.63, 3.8) is 0 Å². The van der Waals surface area contributed by atoms with Gasteiger partial charge in [-0.3, -0.25) is 9.69 Å². The van der Waals surface area contributed by atoms with E-state index in [2.05, 4.69) is 51.4 Å². The highest BCUT2D eigenvalue weighted by molar-refractivity contribution is 9.10. The molecule has 1 aliphatic heterocycles. The fourth-order valence-corrected chi connectivity index (χ4v) is 4.00. The Labute approximate surface area is 157 Å². The van der Waals surface area contributed by atoms with Crippen molar-refractivity contribution in [1.29, 1.82) is 0 Å². The van der Waals surface area contributed by atoms with Crippen LogP contribution in [0.3, 0.4) is 0 Å². The van der Waals surface area contributed by atoms with Crippen molar-refractivity contribution < 1.29 is 9.53 Å². The predicted octanol–water partition coefficient (Wildman–Crippen LogP) is 4.15. The third-order valence-electron chi connectivity index (χ3n) is 4.68. The average molecular weight is 405 g/mol. The van der Waals surface area contributed by atoms with Gasteiger partial charge in [0, 0.05) is 40.2 Å². The van der Waals surface area contributed by atoms with Gasteiger partial charge in [0.1, 0.15) is 0 Å². The number of ketones is 1. The molecule has 5 heteroatoms. The number of carbonyl (C=O) groups is 1. The Kier molecular flexibility index (Phi) is 5.46. The molecule has 1 aromatic heterocycles. The molecule has 1 saturated heterocycles. The zero-order valence-corrected chi connectivity index (χ0v) is 16.8. The van der Waals surface area contributed by atoms with Crippen LogP contribution < -0.4 is 0 Å². The van der Waals surface area contributed by atoms with Gasteiger partial charge in [-0.2, -0.15) is 0 Å². The van der Waals surface area contributed by atoms with Gasteiger partial charge in [0.25, 0.3) is 0 Å². The van der Waals surface area contributed by atoms with Gasteiger partial charge in [-0.1, -0.05) is 15.9 Å². The lowest BCUT2D eigenvalue weighted by atomic mass is 10.1. The van der Waals surface area contributed by atoms with Crippen molar-refractivity contribution in [2.45, 2.75) is 39.9 Å². The first-order chi connectivity index (χ1) is 11.8. The maximum Gasteiger partial charge on any atom is 0.178 e. The Morgan fingerprint density at radius 3 is 2.36 bits per heavy atom. The van der Waals surface area contributed by atoms with Gasteiger partial charge in [0.15, 0.2) is 5.78 Å². The van der Waals surface area contributed by atoms with Crippen molar-refractivity contribution in [3.05, 3.63) is 51.8 Å². The highest BCUT2D eigenvalue weighted by Gasteiger charge is 2.25. The molecule has 0 amide bonds. The summed E-state index contributed by atoms with van der Waals surface area (Å²) in [6.07, 6.45) is 0.346. The van der Waals surface area contributed by atoms with Crippen molar-refractivity contribution in [2.24, 2.45) is 0 Å². The molecule has 0 bridgehead atoms. The van der Waals surface area contributed by atoms with Gasteiger partial charge in [-0.25, -0.2) is 0 Å². The smallest absolute Gasteiger partial charge is 0.178 e. The highest BCUT2D eigenvalue weighted by atomic mass is 79.9. The topological polar surface area (TPSA) is 34.5 Å². The summed E-state index contributed by atoms with van der Waals surface area (Å²) in [5.41, 5.74) is 3.96. The number of carbonyl (C=O) groups excluding carboxylic acids is 1. The third-order valence-corrected chi connectivity index (χ3v) is 5.21. The zero-order valence-electron chi connectivity index (χ0n) is 15.3. The first kappa shape index (κ1) is 18.4. The van der Waals surface area contributed by atoms with Crippen LogP contribution >= 0.6 is 15.9 Å². The number of hydrogen-bond acceptors (Lipinski definition) is 3. The first-order valence-corrected chi connectivity index (χ1v) is 9.50. The van der Waals surface area contributed by atoms with Crippen molar-refractivity contribution in [1.82, 2.24) is 9.47 Å². The maximum atomic E-state index is 12.9. The number of nitrogens with zero attached hydrogens (tertiary/aromatic N) is 2. The SMILES string of the molecule is Cc1cc(C(=O)CN2C[C@@H](C)O[C@@H](C)C2)c(C)n1-c1ccc(Br)cc1. The quantitative estimate of drug-likeness (QED) is 0.717. The fourth-order valence-electron chi connectivity index (χ4n) is 3.73. The molecule has 134 valence electrons. The summed E-state index contributed by atoms with van der Waals surface area (Å²) in [6.45, 7) is 10.3. The second-order valence-electron chi connectivity index (χ2n) is 6.97. The number of halogens is 1. The van der Waals surface area contributed by atoms with Crippen LogP contribution in [0.4, 0.5) is 0 Å². The molecule has 1 fully saturated rings. The third kappa shape index (κ3) is 4.05. The standard InChI is InChI=1S/C20H25BrN2O2/c1-13-9-19(16(4)23(13)18-7-5-17(21)6-8-18)20(24)12-22-10-14(2)25-15(3)11-22/h5-9,14-15H,10-12H2,1-4H3/t14-,15+. The van der Waals surface area contributed by atoms with Gasteiger partial charge in [0.2, 0.25) is 0 Å². The number of aromatic nitrogens is 1. The normalized spacial score (nSPS) is 21.5. The molecule has 3 rings (SSSR count). The molecule has 0 radical (unpaired) electrons. The number of hydrogen-bond donors (Lipinski definition) is 0. The van der Waals surface area contributed by atoms with Gasteiger partial charge in [-0.05, 0) is 58.0 Å². The van der Waals surface area contributed by atoms with Crippen molar-refractivity contribution in [3.8, 4) is 5.69 Å². The molecule has 0 saturated carbocycles. The summed E-state index contributed by atoms with van der Waals surface area (Å²) in [7, 11) is 0. The van der Waals surface area contributed by atoms with Gasteiger partial charge >= 0.3 is 0 Å². The van der Waals surface area contributed by atoms with Gasteiger partial charge in [-0.15, -0.1) is 0 Å². The maximum absolute atomic E-state index is 12.9. The van der Waals surface area contributed by atoms with Crippen LogP contribution in [0.2, 0.25) is 0 Å². The predicted molar refractivity (Wildman–Crippen MR) is 104 cm³/mol. The van der Waals surface area contributed by atoms with Crippen LogP contribution in [0.15, 0.2) is 34.8 Å². The molecule has 2 atom stereocenters. The van der Waals surface area contributed by atoms with Gasteiger partial charge in [0.05, 0.1) is 18.8 Å². The van der Waals surface area contributed by atoms with E-state index in [0.29, 0.717) is 6.54 Å². The number of aryl methyl sites for hydroxylation is 1. The Bertz CT molecular complexity index is 757. The molecule has 0 N–H and O–H groups in total. The minimum atomic E-state index is 0.173. The van der Waals surface area contributed by atoms with E-state index in [9.17, 15) is 4.79 Å². The molecule has 1 aromatic carbocycles. The molecule has 2 aromatic rings. The molecular formula is C20H25BrN2O2. The minimum absolute atomic E-state index is 0.173. The summed E-state index contributed by atoms with van der Waals surface area (Å²) in [5, 5.41) is 0. The van der Waals surface area contributed by atoms with Crippen LogP contribution in [-0.4, -0.2) is 47.1 Å². The van der Waals surface area contributed by atoms with Gasteiger partial charge < -0.3 is 9.30 Å². The van der Waals surface area contributed by atoms with E-state index >= 15 is 0 Å². The van der Waals surface area contributed by atoms with Crippen LogP contribution in [0.1, 0.15) is 35.6 Å². The van der Waals surface area contributed by atoms with Crippen LogP contribution in [0.25, 0.3) is 5.69 Å². The van der Waals surface area contributed by atoms with E-state index in [0.717, 1.165) is 40.2 Å². The summed E-state index contributed by atoms with van der Waals surface area (Å²) >= 11 is 3.47. The Balaban J connectivity index is 1.82. The number of Topliss-reactive ketones (excluding diaryl/α,β-unsaturated/α-hetero) is 1. The van der Waals surface area contributed by atoms with E-state index < -0.39 is 0 Å². The molecule has 0 unspecified atom stereocenters. The summed E-state index contributed by atoms with van der Waals surface area (Å²) in [4.78, 5) is 15.1. The highest BCUT2D eigenvalue weighted by Crippen LogP contribution is 2.23. The molecule has 0 spiro atoms. The lowest BCUT2D eigenvalue weighted by Crippen LogP contribution is -2.47. The Hall–Kier alpha value is -1.43. The number of benzene rings is 1. The monoisotopic (exact) mass is 404 g/mol. The number of ether oxygens (including phenoxy) is 1. The molecule has 4 nitrogen and oxygen atoms in total. The van der Waals surface area contributed by atoms with Crippen molar-refractivity contribution >= 4 is 21.7 Å². The van der Waals surface area contributed by atoms with E-state index in [4.69, 9.17) is 4.74 Å². The van der Waals surface area contributed by atoms with E-state index in [1.54, 1.807) is 0 Å². The number of morpholine rings is 1. The molecular weight excluding hydrogens is 380 g/mol. The minimum Gasteiger partial charge on any atom is -0.373 e. The van der Waals surface area contributed by atoms with Crippen molar-refractivity contribution in [2.75, 3.05) is 19.6 Å². The second-order valence-corrected chi connectivity index (χ2v) is 7.89. The Morgan fingerprint density at radius 2 is 1.76 bits per heavy atom. The second kappa shape index (κ2) is 7.44. The summed E-state index contributed by atoms with van der Waals surface area (Å²) in [5.74, 6) is 0.178. The molecule has 1 aliphatic rings. The van der Waals surface area contributed by atoms with Crippen LogP contribution in [0, 0.1) is 13.8 Å². The fraction of sp³-hybridized carbons (Fsp3) is 0.450. The average Bonchev–Trinajstić information content (AvgIpc) is 2.82. The zero-order chi connectivity index (χ0) is 18.1. The largest absolute Gasteiger partial charge is 0.373 e. The lowest BCUT2D eigenvalue weighted by Gasteiger charge is -2.34. The van der Waals surface area contributed by atoms with E-state index in [1.165, 1.54) is 0 Å². The molecule has 2 heterocycles. The number of rotatable bonds is 4.